The molecule has 0 spiro atoms. The lowest BCUT2D eigenvalue weighted by Gasteiger charge is -2.51. The molecule has 4 rings (SSSR count). The highest BCUT2D eigenvalue weighted by molar-refractivity contribution is 7.80. The minimum Gasteiger partial charge on any atom is -0.394 e. The summed E-state index contributed by atoms with van der Waals surface area (Å²) in [6.45, 7) is 1.43. The van der Waals surface area contributed by atoms with Gasteiger partial charge in [0.1, 0.15) is 97.4 Å². The van der Waals surface area contributed by atoms with Crippen molar-refractivity contribution in [1.29, 1.82) is 0 Å². The second kappa shape index (κ2) is 31.6. The van der Waals surface area contributed by atoms with Crippen molar-refractivity contribution in [2.24, 2.45) is 0 Å². The van der Waals surface area contributed by atoms with Gasteiger partial charge in [0.25, 0.3) is 0 Å². The molecular formula is C46H82N4O24S. The van der Waals surface area contributed by atoms with E-state index in [1.54, 1.807) is 0 Å². The molecule has 4 amide bonds. The van der Waals surface area contributed by atoms with Gasteiger partial charge in [0.15, 0.2) is 25.2 Å². The van der Waals surface area contributed by atoms with Gasteiger partial charge >= 0.3 is 10.4 Å². The number of hydrogen-bond acceptors (Lipinski definition) is 23. The van der Waals surface area contributed by atoms with Crippen molar-refractivity contribution < 1.29 is 115 Å². The minimum absolute atomic E-state index is 0.0409. The first-order chi connectivity index (χ1) is 35.5. The van der Waals surface area contributed by atoms with Crippen LogP contribution < -0.4 is 21.3 Å². The Labute approximate surface area is 436 Å². The van der Waals surface area contributed by atoms with Gasteiger partial charge in [-0.3, -0.25) is 23.7 Å². The summed E-state index contributed by atoms with van der Waals surface area (Å²) in [4.78, 5) is 50.5. The van der Waals surface area contributed by atoms with Gasteiger partial charge in [-0.15, -0.1) is 0 Å². The smallest absolute Gasteiger partial charge is 0.394 e. The van der Waals surface area contributed by atoms with Crippen molar-refractivity contribution in [2.75, 3.05) is 26.4 Å². The molecule has 436 valence electrons. The Hall–Kier alpha value is -2.89. The number of rotatable bonds is 30. The summed E-state index contributed by atoms with van der Waals surface area (Å²) in [7, 11) is -5.15. The van der Waals surface area contributed by atoms with Gasteiger partial charge < -0.3 is 100 Å². The van der Waals surface area contributed by atoms with Crippen LogP contribution in [0.5, 0.6) is 0 Å². The number of carbonyl (C=O) groups is 4. The lowest BCUT2D eigenvalue weighted by molar-refractivity contribution is -0.361. The fourth-order valence-corrected chi connectivity index (χ4v) is 9.94. The maximum atomic E-state index is 13.3. The Morgan fingerprint density at radius 3 is 1.23 bits per heavy atom. The maximum Gasteiger partial charge on any atom is 0.397 e. The van der Waals surface area contributed by atoms with Gasteiger partial charge in [-0.05, 0) is 6.42 Å². The summed E-state index contributed by atoms with van der Waals surface area (Å²) < 4.78 is 77.9. The van der Waals surface area contributed by atoms with Crippen LogP contribution in [0.25, 0.3) is 0 Å². The fraction of sp³-hybridized carbons (Fsp3) is 0.913. The molecule has 4 heterocycles. The number of aliphatic hydroxyl groups is 9. The monoisotopic (exact) mass is 1110 g/mol. The van der Waals surface area contributed by atoms with Gasteiger partial charge in [0, 0.05) is 27.2 Å². The largest absolute Gasteiger partial charge is 0.397 e. The topological polar surface area (TPSA) is 427 Å². The molecule has 0 radical (unpaired) electrons. The van der Waals surface area contributed by atoms with Crippen molar-refractivity contribution in [3.63, 3.8) is 0 Å². The quantitative estimate of drug-likeness (QED) is 0.0242. The third-order valence-electron chi connectivity index (χ3n) is 13.5. The number of amides is 4. The normalized spacial score (nSPS) is 36.3. The molecule has 0 aliphatic carbocycles. The molecule has 0 aromatic rings. The number of unbranched alkanes of at least 4 members (excludes halogenated alkanes) is 12. The van der Waals surface area contributed by atoms with E-state index < -0.39 is 183 Å². The molecule has 75 heavy (non-hydrogen) atoms. The summed E-state index contributed by atoms with van der Waals surface area (Å²) in [5, 5.41) is 109. The van der Waals surface area contributed by atoms with Gasteiger partial charge in [-0.2, -0.15) is 8.42 Å². The van der Waals surface area contributed by atoms with Crippen molar-refractivity contribution in [1.82, 2.24) is 21.3 Å². The molecule has 4 aliphatic heterocycles. The Morgan fingerprint density at radius 2 is 0.827 bits per heavy atom. The van der Waals surface area contributed by atoms with E-state index in [0.717, 1.165) is 52.9 Å². The van der Waals surface area contributed by atoms with E-state index in [9.17, 15) is 78.1 Å². The number of hydrogen-bond donors (Lipinski definition) is 14. The molecule has 4 aliphatic rings. The van der Waals surface area contributed by atoms with Crippen molar-refractivity contribution in [3.8, 4) is 0 Å². The summed E-state index contributed by atoms with van der Waals surface area (Å²) in [5.74, 6) is -2.90. The summed E-state index contributed by atoms with van der Waals surface area (Å²) in [6.07, 6.45) is -14.6. The van der Waals surface area contributed by atoms with Gasteiger partial charge in [0.05, 0.1) is 26.4 Å². The van der Waals surface area contributed by atoms with Crippen molar-refractivity contribution in [3.05, 3.63) is 0 Å². The highest BCUT2D eigenvalue weighted by Crippen LogP contribution is 2.35. The second-order valence-electron chi connectivity index (χ2n) is 19.5. The molecule has 20 atom stereocenters. The van der Waals surface area contributed by atoms with E-state index in [2.05, 4.69) is 32.4 Å². The molecule has 0 aromatic carbocycles. The highest BCUT2D eigenvalue weighted by atomic mass is 32.3. The van der Waals surface area contributed by atoms with Crippen LogP contribution in [0.4, 0.5) is 0 Å². The Morgan fingerprint density at radius 1 is 0.467 bits per heavy atom. The molecule has 0 saturated carbocycles. The second-order valence-corrected chi connectivity index (χ2v) is 20.6. The van der Waals surface area contributed by atoms with Crippen LogP contribution in [0.3, 0.4) is 0 Å². The van der Waals surface area contributed by atoms with Gasteiger partial charge in [0.2, 0.25) is 23.6 Å². The summed E-state index contributed by atoms with van der Waals surface area (Å²) in [6, 6.07) is -6.57. The van der Waals surface area contributed by atoms with E-state index in [4.69, 9.17) is 33.2 Å². The molecule has 3 unspecified atom stereocenters. The Bertz CT molecular complexity index is 1860. The summed E-state index contributed by atoms with van der Waals surface area (Å²) in [5.41, 5.74) is 0. The van der Waals surface area contributed by atoms with Crippen LogP contribution >= 0.6 is 0 Å². The summed E-state index contributed by atoms with van der Waals surface area (Å²) >= 11 is 0. The lowest BCUT2D eigenvalue weighted by Crippen LogP contribution is -2.71. The first-order valence-corrected chi connectivity index (χ1v) is 27.1. The highest BCUT2D eigenvalue weighted by Gasteiger charge is 2.56. The molecular weight excluding hydrogens is 1020 g/mol. The number of aliphatic hydroxyl groups excluding tert-OH is 9. The average Bonchev–Trinajstić information content (AvgIpc) is 3.34. The maximum absolute atomic E-state index is 13.3. The number of carbonyl (C=O) groups excluding carboxylic acids is 4. The van der Waals surface area contributed by atoms with Crippen LogP contribution in [-0.4, -0.2) is 232 Å². The Kier molecular flexibility index (Phi) is 27.3. The zero-order valence-electron chi connectivity index (χ0n) is 42.9. The minimum atomic E-state index is -5.15. The van der Waals surface area contributed by atoms with Crippen LogP contribution in [0.1, 0.15) is 118 Å². The molecule has 4 fully saturated rings. The van der Waals surface area contributed by atoms with Gasteiger partial charge in [-0.25, -0.2) is 4.18 Å². The molecule has 0 bridgehead atoms. The van der Waals surface area contributed by atoms with Gasteiger partial charge in [-0.1, -0.05) is 84.0 Å². The van der Waals surface area contributed by atoms with Crippen LogP contribution in [0.2, 0.25) is 0 Å². The van der Waals surface area contributed by atoms with E-state index >= 15 is 0 Å². The molecule has 4 saturated heterocycles. The third-order valence-corrected chi connectivity index (χ3v) is 13.9. The first kappa shape index (κ1) is 64.6. The molecule has 14 N–H and O–H groups in total. The lowest BCUT2D eigenvalue weighted by atomic mass is 9.93. The van der Waals surface area contributed by atoms with Crippen LogP contribution in [-0.2, 0) is 66.9 Å². The SMILES string of the molecule is CCCCCCCCCCCCCCCC(=O)N[C@@H]1C(O[C@H]2C(O)[C@@H](NC(C)=O)[C@H](O[C@H]3[C@H](O)[C@@H](NC(C)=O)[C@H](O[C@H]4C(O)[C@@H](NC(C)=O)[C@H](O)O[C@@H]4COS(=O)(=O)O)O[C@@H]3CO)O[C@@H]2CO)O[C@H](CO)[C@@H](O)[C@@H]1O. The zero-order chi connectivity index (χ0) is 55.6. The fourth-order valence-electron chi connectivity index (χ4n) is 9.64. The van der Waals surface area contributed by atoms with E-state index in [1.807, 2.05) is 0 Å². The van der Waals surface area contributed by atoms with Crippen molar-refractivity contribution in [2.45, 2.75) is 240 Å². The molecule has 29 heteroatoms. The van der Waals surface area contributed by atoms with Crippen molar-refractivity contribution >= 4 is 34.0 Å². The predicted octanol–water partition coefficient (Wildman–Crippen LogP) is -3.89. The Balaban J connectivity index is 1.49. The van der Waals surface area contributed by atoms with E-state index in [1.165, 1.54) is 44.9 Å². The first-order valence-electron chi connectivity index (χ1n) is 25.8. The predicted molar refractivity (Wildman–Crippen MR) is 255 cm³/mol. The van der Waals surface area contributed by atoms with Crippen LogP contribution in [0, 0.1) is 0 Å². The average molecular weight is 1110 g/mol. The molecule has 0 aromatic heterocycles. The zero-order valence-corrected chi connectivity index (χ0v) is 43.7. The van der Waals surface area contributed by atoms with E-state index in [-0.39, 0.29) is 6.42 Å². The molecule has 28 nitrogen and oxygen atoms in total. The van der Waals surface area contributed by atoms with Crippen LogP contribution in [0.15, 0.2) is 0 Å². The number of ether oxygens (including phenoxy) is 7. The number of nitrogens with one attached hydrogen (secondary N) is 4. The third kappa shape index (κ3) is 19.5. The standard InChI is InChI=1S/C46H82N4O24S/c1-5-6-7-8-9-10-11-12-13-14-15-16-17-18-30(57)50-32-36(59)35(58)26(19-51)69-44(32)72-40-27(20-52)70-45(33(38(40)61)48-24(3)55)73-41-28(21-53)71-46(34(39(41)62)49-25(4)56)74-42-29(22-67-75(64,65)66)68-43(63)31(37(42)60)47-23(2)54/h26-29,31-46,51-53,58-63H,5-22H2,1-4H3,(H,47,54)(H,48,55)(H,49,56)(H,50,57)(H,64,65,66)/t26-,27-,28-,29-,31-,32+,33-,34-,35-,36-,37?,38?,39-,40-,41-,42-,43-,44?,45+,46+/m1/s1. The van der Waals surface area contributed by atoms with E-state index in [0.29, 0.717) is 6.42 Å².